The fourth-order valence-corrected chi connectivity index (χ4v) is 4.20. The molecule has 2 aliphatic rings. The van der Waals surface area contributed by atoms with Crippen molar-refractivity contribution in [2.24, 2.45) is 11.8 Å². The fraction of sp³-hybridized carbons (Fsp3) is 0.765. The van der Waals surface area contributed by atoms with E-state index < -0.39 is 0 Å². The van der Waals surface area contributed by atoms with Crippen LogP contribution in [0, 0.1) is 11.8 Å². The summed E-state index contributed by atoms with van der Waals surface area (Å²) >= 11 is 0. The molecule has 2 fully saturated rings. The highest BCUT2D eigenvalue weighted by Gasteiger charge is 2.32. The summed E-state index contributed by atoms with van der Waals surface area (Å²) in [4.78, 5) is 8.32. The second kappa shape index (κ2) is 7.16. The highest BCUT2D eigenvalue weighted by atomic mass is 14.9. The standard InChI is InChI=1S/C17H27N3/c1-2-6-14(7-3-1)16-8-4-5-9-17(16)19-12-15-10-11-18-13-20-15/h10-11,13-14,16-17,19H,1-9,12H2. The zero-order valence-electron chi connectivity index (χ0n) is 12.4. The van der Waals surface area contributed by atoms with E-state index >= 15 is 0 Å². The van der Waals surface area contributed by atoms with Crippen LogP contribution in [0.25, 0.3) is 0 Å². The molecule has 1 aromatic heterocycles. The van der Waals surface area contributed by atoms with Gasteiger partial charge in [-0.2, -0.15) is 0 Å². The van der Waals surface area contributed by atoms with Crippen molar-refractivity contribution in [1.29, 1.82) is 0 Å². The van der Waals surface area contributed by atoms with E-state index in [-0.39, 0.29) is 0 Å². The molecule has 0 aromatic carbocycles. The molecule has 2 aliphatic carbocycles. The third kappa shape index (κ3) is 3.57. The van der Waals surface area contributed by atoms with Crippen LogP contribution in [0.5, 0.6) is 0 Å². The normalized spacial score (nSPS) is 28.4. The number of aromatic nitrogens is 2. The van der Waals surface area contributed by atoms with Gasteiger partial charge in [-0.25, -0.2) is 9.97 Å². The molecule has 3 heteroatoms. The summed E-state index contributed by atoms with van der Waals surface area (Å²) in [7, 11) is 0. The van der Waals surface area contributed by atoms with Gasteiger partial charge in [0.2, 0.25) is 0 Å². The largest absolute Gasteiger partial charge is 0.308 e. The van der Waals surface area contributed by atoms with Crippen LogP contribution < -0.4 is 5.32 Å². The van der Waals surface area contributed by atoms with Gasteiger partial charge in [-0.1, -0.05) is 44.9 Å². The molecular formula is C17H27N3. The molecule has 110 valence electrons. The van der Waals surface area contributed by atoms with Gasteiger partial charge in [0.15, 0.2) is 0 Å². The molecule has 2 saturated carbocycles. The average Bonchev–Trinajstić information content (AvgIpc) is 2.55. The van der Waals surface area contributed by atoms with Crippen LogP contribution >= 0.6 is 0 Å². The van der Waals surface area contributed by atoms with E-state index in [0.29, 0.717) is 6.04 Å². The maximum atomic E-state index is 4.33. The summed E-state index contributed by atoms with van der Waals surface area (Å²) in [6.45, 7) is 0.899. The Labute approximate surface area is 122 Å². The SMILES string of the molecule is c1cc(CNC2CCCCC2C2CCCCC2)ncn1. The number of hydrogen-bond donors (Lipinski definition) is 1. The smallest absolute Gasteiger partial charge is 0.115 e. The predicted octanol–water partition coefficient (Wildman–Crippen LogP) is 3.71. The van der Waals surface area contributed by atoms with Gasteiger partial charge in [-0.15, -0.1) is 0 Å². The van der Waals surface area contributed by atoms with Gasteiger partial charge >= 0.3 is 0 Å². The van der Waals surface area contributed by atoms with Gasteiger partial charge in [-0.3, -0.25) is 0 Å². The van der Waals surface area contributed by atoms with Crippen LogP contribution in [0.1, 0.15) is 63.5 Å². The molecule has 0 spiro atoms. The topological polar surface area (TPSA) is 37.8 Å². The van der Waals surface area contributed by atoms with E-state index in [2.05, 4.69) is 15.3 Å². The van der Waals surface area contributed by atoms with Crippen molar-refractivity contribution in [3.8, 4) is 0 Å². The van der Waals surface area contributed by atoms with E-state index in [0.717, 1.165) is 24.1 Å². The maximum absolute atomic E-state index is 4.33. The third-order valence-electron chi connectivity index (χ3n) is 5.26. The zero-order chi connectivity index (χ0) is 13.6. The number of nitrogens with zero attached hydrogens (tertiary/aromatic N) is 2. The molecule has 0 radical (unpaired) electrons. The highest BCUT2D eigenvalue weighted by Crippen LogP contribution is 2.38. The first-order valence-electron chi connectivity index (χ1n) is 8.42. The second-order valence-corrected chi connectivity index (χ2v) is 6.53. The van der Waals surface area contributed by atoms with Crippen molar-refractivity contribution < 1.29 is 0 Å². The summed E-state index contributed by atoms with van der Waals surface area (Å²) in [5.41, 5.74) is 1.12. The zero-order valence-corrected chi connectivity index (χ0v) is 12.4. The fourth-order valence-electron chi connectivity index (χ4n) is 4.20. The van der Waals surface area contributed by atoms with Gasteiger partial charge < -0.3 is 5.32 Å². The number of nitrogens with one attached hydrogen (secondary N) is 1. The van der Waals surface area contributed by atoms with Crippen LogP contribution in [0.15, 0.2) is 18.6 Å². The van der Waals surface area contributed by atoms with Gasteiger partial charge in [0.05, 0.1) is 5.69 Å². The van der Waals surface area contributed by atoms with Crippen LogP contribution in [0.4, 0.5) is 0 Å². The van der Waals surface area contributed by atoms with Crippen molar-refractivity contribution in [3.05, 3.63) is 24.3 Å². The Morgan fingerprint density at radius 2 is 1.80 bits per heavy atom. The van der Waals surface area contributed by atoms with Crippen LogP contribution in [0.2, 0.25) is 0 Å². The van der Waals surface area contributed by atoms with Gasteiger partial charge in [-0.05, 0) is 30.7 Å². The maximum Gasteiger partial charge on any atom is 0.115 e. The Morgan fingerprint density at radius 3 is 2.60 bits per heavy atom. The Bertz CT molecular complexity index is 386. The molecule has 0 bridgehead atoms. The lowest BCUT2D eigenvalue weighted by molar-refractivity contribution is 0.149. The first kappa shape index (κ1) is 14.0. The first-order chi connectivity index (χ1) is 9.93. The van der Waals surface area contributed by atoms with Crippen LogP contribution in [-0.4, -0.2) is 16.0 Å². The summed E-state index contributed by atoms with van der Waals surface area (Å²) in [6.07, 6.45) is 16.4. The lowest BCUT2D eigenvalue weighted by Gasteiger charge is -2.39. The molecule has 0 amide bonds. The Hall–Kier alpha value is -0.960. The Balaban J connectivity index is 1.57. The minimum absolute atomic E-state index is 0.710. The van der Waals surface area contributed by atoms with E-state index in [9.17, 15) is 0 Å². The van der Waals surface area contributed by atoms with Crippen molar-refractivity contribution in [3.63, 3.8) is 0 Å². The van der Waals surface area contributed by atoms with E-state index in [1.165, 1.54) is 57.8 Å². The van der Waals surface area contributed by atoms with Gasteiger partial charge in [0, 0.05) is 18.8 Å². The van der Waals surface area contributed by atoms with E-state index in [1.54, 1.807) is 6.33 Å². The molecule has 0 aliphatic heterocycles. The van der Waals surface area contributed by atoms with Crippen molar-refractivity contribution >= 4 is 0 Å². The molecule has 1 N–H and O–H groups in total. The van der Waals surface area contributed by atoms with Crippen molar-refractivity contribution in [2.45, 2.75) is 70.4 Å². The molecule has 20 heavy (non-hydrogen) atoms. The van der Waals surface area contributed by atoms with Gasteiger partial charge in [0.1, 0.15) is 6.33 Å². The molecule has 2 atom stereocenters. The molecular weight excluding hydrogens is 246 g/mol. The van der Waals surface area contributed by atoms with Crippen molar-refractivity contribution in [1.82, 2.24) is 15.3 Å². The lowest BCUT2D eigenvalue weighted by Crippen LogP contribution is -2.42. The van der Waals surface area contributed by atoms with E-state index in [4.69, 9.17) is 0 Å². The average molecular weight is 273 g/mol. The minimum atomic E-state index is 0.710. The molecule has 0 saturated heterocycles. The third-order valence-corrected chi connectivity index (χ3v) is 5.26. The quantitative estimate of drug-likeness (QED) is 0.909. The summed E-state index contributed by atoms with van der Waals surface area (Å²) < 4.78 is 0. The first-order valence-corrected chi connectivity index (χ1v) is 8.42. The second-order valence-electron chi connectivity index (χ2n) is 6.53. The monoisotopic (exact) mass is 273 g/mol. The van der Waals surface area contributed by atoms with Gasteiger partial charge in [0.25, 0.3) is 0 Å². The molecule has 3 nitrogen and oxygen atoms in total. The van der Waals surface area contributed by atoms with Crippen molar-refractivity contribution in [2.75, 3.05) is 0 Å². The number of rotatable bonds is 4. The lowest BCUT2D eigenvalue weighted by atomic mass is 9.71. The molecule has 1 heterocycles. The van der Waals surface area contributed by atoms with Crippen LogP contribution in [-0.2, 0) is 6.54 Å². The summed E-state index contributed by atoms with van der Waals surface area (Å²) in [5, 5.41) is 3.79. The summed E-state index contributed by atoms with van der Waals surface area (Å²) in [5.74, 6) is 1.89. The molecule has 3 rings (SSSR count). The Kier molecular flexibility index (Phi) is 5.01. The molecule has 2 unspecified atom stereocenters. The van der Waals surface area contributed by atoms with E-state index in [1.807, 2.05) is 12.3 Å². The predicted molar refractivity (Wildman–Crippen MR) is 81.2 cm³/mol. The minimum Gasteiger partial charge on any atom is -0.308 e. The number of hydrogen-bond acceptors (Lipinski definition) is 3. The highest BCUT2D eigenvalue weighted by molar-refractivity contribution is 4.98. The Morgan fingerprint density at radius 1 is 1.00 bits per heavy atom. The molecule has 1 aromatic rings. The summed E-state index contributed by atoms with van der Waals surface area (Å²) in [6, 6.07) is 2.73. The van der Waals surface area contributed by atoms with Crippen LogP contribution in [0.3, 0.4) is 0 Å².